The molecule has 2 aliphatic rings. The Labute approximate surface area is 175 Å². The minimum absolute atomic E-state index is 0.291. The van der Waals surface area contributed by atoms with E-state index in [2.05, 4.69) is 65.3 Å². The van der Waals surface area contributed by atoms with E-state index in [9.17, 15) is 0 Å². The summed E-state index contributed by atoms with van der Waals surface area (Å²) in [6.45, 7) is 8.51. The van der Waals surface area contributed by atoms with Gasteiger partial charge in [0.2, 0.25) is 0 Å². The van der Waals surface area contributed by atoms with Crippen LogP contribution in [0.4, 0.5) is 0 Å². The summed E-state index contributed by atoms with van der Waals surface area (Å²) in [5.74, 6) is 0. The van der Waals surface area contributed by atoms with E-state index in [0.717, 1.165) is 11.1 Å². The molecule has 28 heavy (non-hydrogen) atoms. The van der Waals surface area contributed by atoms with Crippen LogP contribution >= 0.6 is 11.6 Å². The van der Waals surface area contributed by atoms with E-state index in [4.69, 9.17) is 11.6 Å². The van der Waals surface area contributed by atoms with Gasteiger partial charge < -0.3 is 4.90 Å². The molecule has 0 spiro atoms. The van der Waals surface area contributed by atoms with Crippen molar-refractivity contribution in [1.29, 1.82) is 0 Å². The maximum Gasteiger partial charge on any atom is 0.0408 e. The molecule has 0 N–H and O–H groups in total. The van der Waals surface area contributed by atoms with Crippen LogP contribution in [0.3, 0.4) is 0 Å². The van der Waals surface area contributed by atoms with Gasteiger partial charge in [-0.2, -0.15) is 0 Å². The van der Waals surface area contributed by atoms with Crippen molar-refractivity contribution in [2.24, 2.45) is 0 Å². The molecule has 0 amide bonds. The maximum absolute atomic E-state index is 6.24. The summed E-state index contributed by atoms with van der Waals surface area (Å²) in [6.07, 6.45) is 6.33. The lowest BCUT2D eigenvalue weighted by Gasteiger charge is -2.45. The van der Waals surface area contributed by atoms with Gasteiger partial charge in [-0.25, -0.2) is 0 Å². The van der Waals surface area contributed by atoms with Gasteiger partial charge in [-0.05, 0) is 60.8 Å². The van der Waals surface area contributed by atoms with Crippen LogP contribution < -0.4 is 0 Å². The molecule has 0 aromatic heterocycles. The van der Waals surface area contributed by atoms with E-state index in [1.165, 1.54) is 76.0 Å². The van der Waals surface area contributed by atoms with Crippen molar-refractivity contribution in [3.63, 3.8) is 0 Å². The fraction of sp³-hybridized carbons (Fsp3) is 0.520. The quantitative estimate of drug-likeness (QED) is 0.667. The predicted molar refractivity (Wildman–Crippen MR) is 119 cm³/mol. The van der Waals surface area contributed by atoms with E-state index in [-0.39, 0.29) is 0 Å². The summed E-state index contributed by atoms with van der Waals surface area (Å²) in [7, 11) is 0. The second-order valence-corrected chi connectivity index (χ2v) is 9.35. The Hall–Kier alpha value is -1.35. The zero-order valence-corrected chi connectivity index (χ0v) is 17.9. The van der Waals surface area contributed by atoms with Crippen molar-refractivity contribution < 1.29 is 0 Å². The molecular weight excluding hydrogens is 364 g/mol. The largest absolute Gasteiger partial charge is 0.300 e. The molecule has 0 atom stereocenters. The van der Waals surface area contributed by atoms with E-state index in [1.54, 1.807) is 0 Å². The van der Waals surface area contributed by atoms with Crippen molar-refractivity contribution in [2.75, 3.05) is 32.7 Å². The van der Waals surface area contributed by atoms with Gasteiger partial charge in [0.15, 0.2) is 0 Å². The normalized spacial score (nSPS) is 27.0. The van der Waals surface area contributed by atoms with Crippen LogP contribution in [0.5, 0.6) is 0 Å². The number of halogens is 1. The molecule has 0 radical (unpaired) electrons. The van der Waals surface area contributed by atoms with E-state index < -0.39 is 0 Å². The average Bonchev–Trinajstić information content (AvgIpc) is 2.74. The molecule has 2 fully saturated rings. The highest BCUT2D eigenvalue weighted by molar-refractivity contribution is 6.30. The van der Waals surface area contributed by atoms with Crippen LogP contribution in [0.1, 0.15) is 43.7 Å². The molecule has 0 unspecified atom stereocenters. The van der Waals surface area contributed by atoms with Crippen molar-refractivity contribution in [3.05, 3.63) is 70.7 Å². The van der Waals surface area contributed by atoms with Crippen molar-refractivity contribution >= 4 is 11.6 Å². The first-order chi connectivity index (χ1) is 13.6. The molecular formula is C25H33ClN2. The van der Waals surface area contributed by atoms with Crippen molar-refractivity contribution in [2.45, 2.75) is 50.5 Å². The third-order valence-corrected chi connectivity index (χ3v) is 7.30. The lowest BCUT2D eigenvalue weighted by Crippen LogP contribution is -2.52. The fourth-order valence-electron chi connectivity index (χ4n) is 5.04. The van der Waals surface area contributed by atoms with Gasteiger partial charge in [-0.15, -0.1) is 0 Å². The van der Waals surface area contributed by atoms with Crippen molar-refractivity contribution in [3.8, 4) is 0 Å². The van der Waals surface area contributed by atoms with Crippen LogP contribution in [0.15, 0.2) is 54.6 Å². The summed E-state index contributed by atoms with van der Waals surface area (Å²) in [4.78, 5) is 5.40. The van der Waals surface area contributed by atoms with E-state index >= 15 is 0 Å². The standard InChI is InChI=1S/C25H33ClN2/c1-25(22-8-5-9-23(26)20-22)13-10-24(11-14-25)28-18-16-27(17-19-28)15-12-21-6-3-2-4-7-21/h2-9,20,24H,10-19H2,1H3. The Balaban J connectivity index is 1.24. The number of benzene rings is 2. The smallest absolute Gasteiger partial charge is 0.0408 e. The van der Waals surface area contributed by atoms with Crippen LogP contribution in [0, 0.1) is 0 Å². The second kappa shape index (κ2) is 8.98. The van der Waals surface area contributed by atoms with Gasteiger partial charge in [-0.3, -0.25) is 4.90 Å². The highest BCUT2D eigenvalue weighted by Crippen LogP contribution is 2.41. The Bertz CT molecular complexity index is 744. The molecule has 1 aliphatic carbocycles. The fourth-order valence-corrected chi connectivity index (χ4v) is 5.23. The lowest BCUT2D eigenvalue weighted by atomic mass is 9.69. The zero-order chi connectivity index (χ0) is 19.4. The van der Waals surface area contributed by atoms with Crippen LogP contribution in [-0.2, 0) is 11.8 Å². The minimum atomic E-state index is 0.291. The van der Waals surface area contributed by atoms with Crippen LogP contribution in [0.2, 0.25) is 5.02 Å². The summed E-state index contributed by atoms with van der Waals surface area (Å²) in [5, 5.41) is 0.868. The molecule has 2 nitrogen and oxygen atoms in total. The molecule has 4 rings (SSSR count). The topological polar surface area (TPSA) is 6.48 Å². The van der Waals surface area contributed by atoms with E-state index in [1.807, 2.05) is 6.07 Å². The Kier molecular flexibility index (Phi) is 6.40. The van der Waals surface area contributed by atoms with Gasteiger partial charge in [-0.1, -0.05) is 61.0 Å². The summed E-state index contributed by atoms with van der Waals surface area (Å²) >= 11 is 6.24. The van der Waals surface area contributed by atoms with Crippen LogP contribution in [-0.4, -0.2) is 48.6 Å². The van der Waals surface area contributed by atoms with Gasteiger partial charge in [0, 0.05) is 43.8 Å². The summed E-state index contributed by atoms with van der Waals surface area (Å²) in [5.41, 5.74) is 3.17. The molecule has 2 aromatic carbocycles. The number of hydrogen-bond donors (Lipinski definition) is 0. The summed E-state index contributed by atoms with van der Waals surface area (Å²) in [6, 6.07) is 20.2. The molecule has 2 aromatic rings. The highest BCUT2D eigenvalue weighted by Gasteiger charge is 2.35. The zero-order valence-electron chi connectivity index (χ0n) is 17.1. The lowest BCUT2D eigenvalue weighted by molar-refractivity contribution is 0.0676. The third kappa shape index (κ3) is 4.79. The monoisotopic (exact) mass is 396 g/mol. The average molecular weight is 397 g/mol. The molecule has 150 valence electrons. The first-order valence-corrected chi connectivity index (χ1v) is 11.3. The SMILES string of the molecule is CC1(c2cccc(Cl)c2)CCC(N2CCN(CCc3ccccc3)CC2)CC1. The number of rotatable bonds is 5. The number of hydrogen-bond acceptors (Lipinski definition) is 2. The predicted octanol–water partition coefficient (Wildman–Crippen LogP) is 5.40. The van der Waals surface area contributed by atoms with Gasteiger partial charge in [0.25, 0.3) is 0 Å². The Morgan fingerprint density at radius 2 is 1.64 bits per heavy atom. The molecule has 0 bridgehead atoms. The first kappa shape index (κ1) is 19.9. The number of piperazine rings is 1. The van der Waals surface area contributed by atoms with Crippen molar-refractivity contribution in [1.82, 2.24) is 9.80 Å². The third-order valence-electron chi connectivity index (χ3n) is 7.06. The highest BCUT2D eigenvalue weighted by atomic mass is 35.5. The maximum atomic E-state index is 6.24. The molecule has 1 saturated heterocycles. The van der Waals surface area contributed by atoms with Crippen LogP contribution in [0.25, 0.3) is 0 Å². The number of nitrogens with zero attached hydrogens (tertiary/aromatic N) is 2. The van der Waals surface area contributed by atoms with Gasteiger partial charge in [0.1, 0.15) is 0 Å². The van der Waals surface area contributed by atoms with Gasteiger partial charge >= 0.3 is 0 Å². The Morgan fingerprint density at radius 1 is 0.929 bits per heavy atom. The molecule has 3 heteroatoms. The molecule has 1 saturated carbocycles. The summed E-state index contributed by atoms with van der Waals surface area (Å²) < 4.78 is 0. The molecule has 1 heterocycles. The van der Waals surface area contributed by atoms with E-state index in [0.29, 0.717) is 5.41 Å². The van der Waals surface area contributed by atoms with Gasteiger partial charge in [0.05, 0.1) is 0 Å². The minimum Gasteiger partial charge on any atom is -0.300 e. The first-order valence-electron chi connectivity index (χ1n) is 10.9. The second-order valence-electron chi connectivity index (χ2n) is 8.92. The molecule has 1 aliphatic heterocycles. The Morgan fingerprint density at radius 3 is 2.32 bits per heavy atom.